The highest BCUT2D eigenvalue weighted by Crippen LogP contribution is 2.23. The standard InChI is InChI=1S/C13H20N4O3S/c1-9(21-3)12(18)16-6-4-10(5-7-16)17-8-11(14-15-17)13(19)20-2/h8-10H,4-7H2,1-3H3. The largest absolute Gasteiger partial charge is 0.464 e. The first-order valence-corrected chi connectivity index (χ1v) is 8.17. The number of esters is 1. The van der Waals surface area contributed by atoms with Gasteiger partial charge in [-0.15, -0.1) is 5.10 Å². The van der Waals surface area contributed by atoms with Crippen LogP contribution in [-0.4, -0.2) is 63.5 Å². The maximum atomic E-state index is 12.1. The number of amides is 1. The van der Waals surface area contributed by atoms with Crippen molar-refractivity contribution in [3.05, 3.63) is 11.9 Å². The minimum atomic E-state index is -0.484. The number of carbonyl (C=O) groups excluding carboxylic acids is 2. The summed E-state index contributed by atoms with van der Waals surface area (Å²) in [4.78, 5) is 25.4. The van der Waals surface area contributed by atoms with Gasteiger partial charge in [-0.3, -0.25) is 4.79 Å². The molecule has 1 aromatic rings. The van der Waals surface area contributed by atoms with Crippen LogP contribution in [0.5, 0.6) is 0 Å². The smallest absolute Gasteiger partial charge is 0.360 e. The predicted molar refractivity (Wildman–Crippen MR) is 79.2 cm³/mol. The van der Waals surface area contributed by atoms with E-state index >= 15 is 0 Å². The number of hydrogen-bond acceptors (Lipinski definition) is 6. The first kappa shape index (κ1) is 15.8. The van der Waals surface area contributed by atoms with Gasteiger partial charge in [0.25, 0.3) is 0 Å². The zero-order chi connectivity index (χ0) is 15.4. The van der Waals surface area contributed by atoms with E-state index < -0.39 is 5.97 Å². The van der Waals surface area contributed by atoms with Crippen LogP contribution in [0.2, 0.25) is 0 Å². The van der Waals surface area contributed by atoms with Crippen LogP contribution in [0, 0.1) is 0 Å². The van der Waals surface area contributed by atoms with Gasteiger partial charge in [-0.25, -0.2) is 9.48 Å². The number of hydrogen-bond donors (Lipinski definition) is 0. The first-order chi connectivity index (χ1) is 10.1. The Labute approximate surface area is 128 Å². The molecule has 0 bridgehead atoms. The number of rotatable bonds is 4. The number of aromatic nitrogens is 3. The van der Waals surface area contributed by atoms with Crippen molar-refractivity contribution in [2.24, 2.45) is 0 Å². The molecule has 1 aliphatic rings. The summed E-state index contributed by atoms with van der Waals surface area (Å²) in [6.45, 7) is 3.35. The van der Waals surface area contributed by atoms with Crippen molar-refractivity contribution in [1.29, 1.82) is 0 Å². The third kappa shape index (κ3) is 3.55. The lowest BCUT2D eigenvalue weighted by molar-refractivity contribution is -0.131. The number of nitrogens with zero attached hydrogens (tertiary/aromatic N) is 4. The predicted octanol–water partition coefficient (Wildman–Crippen LogP) is 0.980. The summed E-state index contributed by atoms with van der Waals surface area (Å²) in [5.74, 6) is -0.294. The molecule has 1 amide bonds. The maximum absolute atomic E-state index is 12.1. The molecule has 0 aromatic carbocycles. The molecule has 116 valence electrons. The molecule has 0 spiro atoms. The van der Waals surface area contributed by atoms with Crippen molar-refractivity contribution in [3.63, 3.8) is 0 Å². The number of thioether (sulfide) groups is 1. The highest BCUT2D eigenvalue weighted by atomic mass is 32.2. The number of likely N-dealkylation sites (tertiary alicyclic amines) is 1. The Morgan fingerprint density at radius 1 is 1.43 bits per heavy atom. The van der Waals surface area contributed by atoms with Gasteiger partial charge >= 0.3 is 5.97 Å². The van der Waals surface area contributed by atoms with Gasteiger partial charge in [-0.05, 0) is 26.0 Å². The van der Waals surface area contributed by atoms with Gasteiger partial charge in [-0.2, -0.15) is 11.8 Å². The summed E-state index contributed by atoms with van der Waals surface area (Å²) >= 11 is 1.56. The van der Waals surface area contributed by atoms with Crippen molar-refractivity contribution >= 4 is 23.6 Å². The van der Waals surface area contributed by atoms with Crippen molar-refractivity contribution in [2.45, 2.75) is 31.1 Å². The molecule has 1 fully saturated rings. The van der Waals surface area contributed by atoms with Crippen LogP contribution < -0.4 is 0 Å². The normalized spacial score (nSPS) is 17.6. The van der Waals surface area contributed by atoms with E-state index in [-0.39, 0.29) is 22.9 Å². The maximum Gasteiger partial charge on any atom is 0.360 e. The highest BCUT2D eigenvalue weighted by molar-refractivity contribution is 7.99. The fourth-order valence-corrected chi connectivity index (χ4v) is 2.71. The molecule has 7 nitrogen and oxygen atoms in total. The van der Waals surface area contributed by atoms with Crippen molar-refractivity contribution in [2.75, 3.05) is 26.5 Å². The summed E-state index contributed by atoms with van der Waals surface area (Å²) in [5, 5.41) is 7.80. The Morgan fingerprint density at radius 2 is 2.10 bits per heavy atom. The lowest BCUT2D eigenvalue weighted by Crippen LogP contribution is -2.42. The highest BCUT2D eigenvalue weighted by Gasteiger charge is 2.27. The number of methoxy groups -OCH3 is 1. The van der Waals surface area contributed by atoms with E-state index in [1.165, 1.54) is 7.11 Å². The molecular formula is C13H20N4O3S. The molecule has 2 heterocycles. The lowest BCUT2D eigenvalue weighted by Gasteiger charge is -2.33. The summed E-state index contributed by atoms with van der Waals surface area (Å²) in [6, 6.07) is 0.171. The molecule has 2 rings (SSSR count). The quantitative estimate of drug-likeness (QED) is 0.771. The number of carbonyl (C=O) groups is 2. The second-order valence-corrected chi connectivity index (χ2v) is 6.19. The fraction of sp³-hybridized carbons (Fsp3) is 0.692. The minimum absolute atomic E-state index is 0.00107. The van der Waals surface area contributed by atoms with E-state index in [4.69, 9.17) is 0 Å². The van der Waals surface area contributed by atoms with Crippen LogP contribution in [0.25, 0.3) is 0 Å². The molecule has 1 aromatic heterocycles. The van der Waals surface area contributed by atoms with Gasteiger partial charge in [0.1, 0.15) is 0 Å². The molecule has 21 heavy (non-hydrogen) atoms. The second kappa shape index (κ2) is 6.93. The average molecular weight is 312 g/mol. The SMILES string of the molecule is COC(=O)c1cn(C2CCN(C(=O)C(C)SC)CC2)nn1. The molecule has 0 aliphatic carbocycles. The van der Waals surface area contributed by atoms with Gasteiger partial charge in [-0.1, -0.05) is 5.21 Å². The molecule has 1 atom stereocenters. The molecule has 0 saturated carbocycles. The lowest BCUT2D eigenvalue weighted by atomic mass is 10.0. The van der Waals surface area contributed by atoms with Gasteiger partial charge < -0.3 is 9.64 Å². The van der Waals surface area contributed by atoms with Gasteiger partial charge in [0.2, 0.25) is 5.91 Å². The fourth-order valence-electron chi connectivity index (χ4n) is 2.36. The Hall–Kier alpha value is -1.57. The molecule has 1 unspecified atom stereocenters. The van der Waals surface area contributed by atoms with E-state index in [0.717, 1.165) is 12.8 Å². The Bertz CT molecular complexity index is 511. The van der Waals surface area contributed by atoms with E-state index in [0.29, 0.717) is 13.1 Å². The Kier molecular flexibility index (Phi) is 5.22. The molecule has 0 radical (unpaired) electrons. The third-order valence-electron chi connectivity index (χ3n) is 3.76. The monoisotopic (exact) mass is 312 g/mol. The summed E-state index contributed by atoms with van der Waals surface area (Å²) in [6.07, 6.45) is 5.19. The zero-order valence-electron chi connectivity index (χ0n) is 12.5. The second-order valence-electron chi connectivity index (χ2n) is 5.01. The summed E-state index contributed by atoms with van der Waals surface area (Å²) in [5.41, 5.74) is 0.215. The van der Waals surface area contributed by atoms with Crippen molar-refractivity contribution < 1.29 is 14.3 Å². The van der Waals surface area contributed by atoms with Gasteiger partial charge in [0.15, 0.2) is 5.69 Å². The van der Waals surface area contributed by atoms with Gasteiger partial charge in [0.05, 0.1) is 24.6 Å². The Balaban J connectivity index is 1.93. The Morgan fingerprint density at radius 3 is 2.67 bits per heavy atom. The van der Waals surface area contributed by atoms with Crippen LogP contribution in [0.15, 0.2) is 6.20 Å². The topological polar surface area (TPSA) is 77.3 Å². The van der Waals surface area contributed by atoms with E-state index in [1.54, 1.807) is 22.6 Å². The number of ether oxygens (including phenoxy) is 1. The van der Waals surface area contributed by atoms with Crippen molar-refractivity contribution in [3.8, 4) is 0 Å². The first-order valence-electron chi connectivity index (χ1n) is 6.88. The van der Waals surface area contributed by atoms with Crippen LogP contribution in [0.1, 0.15) is 36.3 Å². The molecule has 8 heteroatoms. The average Bonchev–Trinajstić information content (AvgIpc) is 3.02. The molecule has 1 saturated heterocycles. The van der Waals surface area contributed by atoms with Crippen LogP contribution in [-0.2, 0) is 9.53 Å². The van der Waals surface area contributed by atoms with Crippen LogP contribution in [0.4, 0.5) is 0 Å². The van der Waals surface area contributed by atoms with E-state index in [1.807, 2.05) is 18.1 Å². The van der Waals surface area contributed by atoms with Crippen molar-refractivity contribution in [1.82, 2.24) is 19.9 Å². The molecule has 0 N–H and O–H groups in total. The zero-order valence-corrected chi connectivity index (χ0v) is 13.3. The van der Waals surface area contributed by atoms with Crippen LogP contribution in [0.3, 0.4) is 0 Å². The number of piperidine rings is 1. The van der Waals surface area contributed by atoms with E-state index in [2.05, 4.69) is 15.0 Å². The summed E-state index contributed by atoms with van der Waals surface area (Å²) < 4.78 is 6.31. The van der Waals surface area contributed by atoms with Gasteiger partial charge in [0, 0.05) is 13.1 Å². The molecule has 1 aliphatic heterocycles. The minimum Gasteiger partial charge on any atom is -0.464 e. The summed E-state index contributed by atoms with van der Waals surface area (Å²) in [7, 11) is 1.32. The third-order valence-corrected chi connectivity index (χ3v) is 4.67. The molecular weight excluding hydrogens is 292 g/mol. The van der Waals surface area contributed by atoms with E-state index in [9.17, 15) is 9.59 Å². The van der Waals surface area contributed by atoms with Crippen LogP contribution >= 0.6 is 11.8 Å².